The first-order valence-corrected chi connectivity index (χ1v) is 7.96. The minimum Gasteiger partial charge on any atom is -0.367 e. The number of aryl methyl sites for hydroxylation is 1. The number of fused-ring (bicyclic) bond motifs is 1. The molecule has 0 bridgehead atoms. The van der Waals surface area contributed by atoms with Crippen molar-refractivity contribution < 1.29 is 9.59 Å². The van der Waals surface area contributed by atoms with Crippen LogP contribution >= 0.6 is 0 Å². The van der Waals surface area contributed by atoms with Gasteiger partial charge in [-0.05, 0) is 31.5 Å². The van der Waals surface area contributed by atoms with E-state index >= 15 is 0 Å². The summed E-state index contributed by atoms with van der Waals surface area (Å²) in [5.41, 5.74) is 6.85. The fraction of sp³-hybridized carbons (Fsp3) is 0.150. The van der Waals surface area contributed by atoms with Gasteiger partial charge in [0.2, 0.25) is 5.91 Å². The Morgan fingerprint density at radius 1 is 1.04 bits per heavy atom. The number of nitrogens with one attached hydrogen (secondary N) is 1. The number of amides is 2. The van der Waals surface area contributed by atoms with Gasteiger partial charge < -0.3 is 11.1 Å². The molecule has 0 spiro atoms. The van der Waals surface area contributed by atoms with Crippen molar-refractivity contribution in [2.24, 2.45) is 5.73 Å². The highest BCUT2D eigenvalue weighted by molar-refractivity contribution is 6.08. The molecule has 0 saturated carbocycles. The van der Waals surface area contributed by atoms with E-state index in [4.69, 9.17) is 5.73 Å². The predicted molar refractivity (Wildman–Crippen MR) is 96.9 cm³/mol. The molecular weight excluding hydrogens is 314 g/mol. The monoisotopic (exact) mass is 333 g/mol. The summed E-state index contributed by atoms with van der Waals surface area (Å²) < 4.78 is 0. The lowest BCUT2D eigenvalue weighted by Crippen LogP contribution is -2.52. The average Bonchev–Trinajstić information content (AvgIpc) is 2.61. The normalized spacial score (nSPS) is 13.2. The third kappa shape index (κ3) is 3.08. The lowest BCUT2D eigenvalue weighted by atomic mass is 9.90. The standard InChI is InChI=1S/C20H19N3O2/c1-13-12-16(15-10-6-7-11-17(15)22-13)18(24)23-20(2,19(21)25)14-8-4-3-5-9-14/h3-12H,1-2H3,(H2,21,25)(H,23,24)/t20-/m1/s1. The molecule has 5 heteroatoms. The topological polar surface area (TPSA) is 85.1 Å². The van der Waals surface area contributed by atoms with Gasteiger partial charge in [0.05, 0.1) is 11.1 Å². The Morgan fingerprint density at radius 2 is 1.68 bits per heavy atom. The van der Waals surface area contributed by atoms with Gasteiger partial charge in [0.15, 0.2) is 0 Å². The van der Waals surface area contributed by atoms with Gasteiger partial charge >= 0.3 is 0 Å². The summed E-state index contributed by atoms with van der Waals surface area (Å²) in [5, 5.41) is 3.53. The summed E-state index contributed by atoms with van der Waals surface area (Å²) in [6.07, 6.45) is 0. The van der Waals surface area contributed by atoms with Crippen LogP contribution < -0.4 is 11.1 Å². The van der Waals surface area contributed by atoms with E-state index < -0.39 is 11.4 Å². The van der Waals surface area contributed by atoms with E-state index in [1.807, 2.05) is 37.3 Å². The zero-order chi connectivity index (χ0) is 18.0. The molecule has 1 heterocycles. The molecule has 2 amide bonds. The van der Waals surface area contributed by atoms with Crippen LogP contribution in [0.15, 0.2) is 60.7 Å². The summed E-state index contributed by atoms with van der Waals surface area (Å²) in [7, 11) is 0. The van der Waals surface area contributed by atoms with Gasteiger partial charge in [-0.3, -0.25) is 14.6 Å². The smallest absolute Gasteiger partial charge is 0.253 e. The summed E-state index contributed by atoms with van der Waals surface area (Å²) in [5.74, 6) is -0.992. The lowest BCUT2D eigenvalue weighted by Gasteiger charge is -2.28. The number of hydrogen-bond donors (Lipinski definition) is 2. The van der Waals surface area contributed by atoms with Crippen molar-refractivity contribution in [2.45, 2.75) is 19.4 Å². The fourth-order valence-electron chi connectivity index (χ4n) is 2.84. The third-order valence-electron chi connectivity index (χ3n) is 4.30. The molecule has 3 aromatic rings. The highest BCUT2D eigenvalue weighted by Crippen LogP contribution is 2.23. The van der Waals surface area contributed by atoms with E-state index in [-0.39, 0.29) is 5.91 Å². The summed E-state index contributed by atoms with van der Waals surface area (Å²) in [4.78, 5) is 29.5. The molecule has 0 fully saturated rings. The second kappa shape index (κ2) is 6.36. The maximum absolute atomic E-state index is 13.0. The lowest BCUT2D eigenvalue weighted by molar-refractivity contribution is -0.123. The van der Waals surface area contributed by atoms with E-state index in [0.717, 1.165) is 16.6 Å². The molecule has 0 aliphatic heterocycles. The van der Waals surface area contributed by atoms with E-state index in [0.29, 0.717) is 11.1 Å². The molecule has 0 aliphatic rings. The van der Waals surface area contributed by atoms with Gasteiger partial charge in [-0.15, -0.1) is 0 Å². The number of aromatic nitrogens is 1. The van der Waals surface area contributed by atoms with Crippen LogP contribution in [-0.4, -0.2) is 16.8 Å². The Hall–Kier alpha value is -3.21. The van der Waals surface area contributed by atoms with Gasteiger partial charge in [0, 0.05) is 11.1 Å². The van der Waals surface area contributed by atoms with Crippen molar-refractivity contribution in [1.29, 1.82) is 0 Å². The first kappa shape index (κ1) is 16.6. The van der Waals surface area contributed by atoms with Crippen molar-refractivity contribution in [2.75, 3.05) is 0 Å². The number of benzene rings is 2. The minimum absolute atomic E-state index is 0.369. The Bertz CT molecular complexity index is 954. The number of hydrogen-bond acceptors (Lipinski definition) is 3. The molecule has 5 nitrogen and oxygen atoms in total. The van der Waals surface area contributed by atoms with Crippen LogP contribution in [0.4, 0.5) is 0 Å². The molecule has 3 rings (SSSR count). The zero-order valence-electron chi connectivity index (χ0n) is 14.1. The SMILES string of the molecule is Cc1cc(C(=O)N[C@@](C)(C(N)=O)c2ccccc2)c2ccccc2n1. The number of para-hydroxylation sites is 1. The van der Waals surface area contributed by atoms with Crippen LogP contribution in [0.2, 0.25) is 0 Å². The van der Waals surface area contributed by atoms with Crippen molar-refractivity contribution in [1.82, 2.24) is 10.3 Å². The predicted octanol–water partition coefficient (Wildman–Crippen LogP) is 2.67. The molecule has 0 radical (unpaired) electrons. The number of pyridine rings is 1. The van der Waals surface area contributed by atoms with Gasteiger partial charge in [-0.2, -0.15) is 0 Å². The Morgan fingerprint density at radius 3 is 2.36 bits per heavy atom. The van der Waals surface area contributed by atoms with Crippen molar-refractivity contribution in [3.8, 4) is 0 Å². The van der Waals surface area contributed by atoms with Crippen molar-refractivity contribution >= 4 is 22.7 Å². The second-order valence-corrected chi connectivity index (χ2v) is 6.14. The van der Waals surface area contributed by atoms with Crippen LogP contribution in [0, 0.1) is 6.92 Å². The highest BCUT2D eigenvalue weighted by atomic mass is 16.2. The third-order valence-corrected chi connectivity index (χ3v) is 4.30. The van der Waals surface area contributed by atoms with Crippen molar-refractivity contribution in [3.63, 3.8) is 0 Å². The number of rotatable bonds is 4. The van der Waals surface area contributed by atoms with Crippen LogP contribution in [0.25, 0.3) is 10.9 Å². The zero-order valence-corrected chi connectivity index (χ0v) is 14.1. The molecule has 2 aromatic carbocycles. The summed E-state index contributed by atoms with van der Waals surface area (Å²) in [6.45, 7) is 3.44. The van der Waals surface area contributed by atoms with Gasteiger partial charge in [-0.1, -0.05) is 48.5 Å². The average molecular weight is 333 g/mol. The maximum Gasteiger partial charge on any atom is 0.253 e. The fourth-order valence-corrected chi connectivity index (χ4v) is 2.84. The van der Waals surface area contributed by atoms with E-state index in [1.165, 1.54) is 0 Å². The number of nitrogens with zero attached hydrogens (tertiary/aromatic N) is 1. The van der Waals surface area contributed by atoms with E-state index in [1.54, 1.807) is 37.3 Å². The highest BCUT2D eigenvalue weighted by Gasteiger charge is 2.35. The minimum atomic E-state index is -1.31. The molecule has 0 aliphatic carbocycles. The molecular formula is C20H19N3O2. The Labute approximate surface area is 145 Å². The quantitative estimate of drug-likeness (QED) is 0.770. The molecule has 1 aromatic heterocycles. The number of carbonyl (C=O) groups is 2. The molecule has 126 valence electrons. The van der Waals surface area contributed by atoms with Gasteiger partial charge in [0.25, 0.3) is 5.91 Å². The maximum atomic E-state index is 13.0. The molecule has 1 atom stereocenters. The van der Waals surface area contributed by atoms with E-state index in [2.05, 4.69) is 10.3 Å². The number of carbonyl (C=O) groups excluding carboxylic acids is 2. The van der Waals surface area contributed by atoms with Crippen LogP contribution in [0.1, 0.15) is 28.5 Å². The van der Waals surface area contributed by atoms with E-state index in [9.17, 15) is 9.59 Å². The van der Waals surface area contributed by atoms with Gasteiger partial charge in [-0.25, -0.2) is 0 Å². The number of nitrogens with two attached hydrogens (primary N) is 1. The van der Waals surface area contributed by atoms with Crippen LogP contribution in [-0.2, 0) is 10.3 Å². The Balaban J connectivity index is 2.05. The van der Waals surface area contributed by atoms with Crippen LogP contribution in [0.5, 0.6) is 0 Å². The molecule has 0 saturated heterocycles. The largest absolute Gasteiger partial charge is 0.367 e. The van der Waals surface area contributed by atoms with Gasteiger partial charge in [0.1, 0.15) is 5.54 Å². The van der Waals surface area contributed by atoms with Crippen LogP contribution in [0.3, 0.4) is 0 Å². The number of primary amides is 1. The Kier molecular flexibility index (Phi) is 4.23. The second-order valence-electron chi connectivity index (χ2n) is 6.14. The summed E-state index contributed by atoms with van der Waals surface area (Å²) in [6, 6.07) is 18.1. The molecule has 25 heavy (non-hydrogen) atoms. The summed E-state index contributed by atoms with van der Waals surface area (Å²) >= 11 is 0. The van der Waals surface area contributed by atoms with Crippen molar-refractivity contribution in [3.05, 3.63) is 77.5 Å². The first-order valence-electron chi connectivity index (χ1n) is 7.96. The molecule has 0 unspecified atom stereocenters. The molecule has 3 N–H and O–H groups in total. The first-order chi connectivity index (χ1) is 11.9.